The molecule has 2 N–H and O–H groups in total. The molecule has 0 aliphatic heterocycles. The summed E-state index contributed by atoms with van der Waals surface area (Å²) < 4.78 is 44.6. The Hall–Kier alpha value is -5.18. The third kappa shape index (κ3) is 7.67. The zero-order valence-electron chi connectivity index (χ0n) is 24.9. The van der Waals surface area contributed by atoms with Crippen LogP contribution < -0.4 is 10.1 Å². The number of halogens is 3. The van der Waals surface area contributed by atoms with Gasteiger partial charge < -0.3 is 15.2 Å². The summed E-state index contributed by atoms with van der Waals surface area (Å²) in [5.74, 6) is -0.543. The van der Waals surface area contributed by atoms with Gasteiger partial charge in [0.1, 0.15) is 23.2 Å². The lowest BCUT2D eigenvalue weighted by Gasteiger charge is -2.19. The summed E-state index contributed by atoms with van der Waals surface area (Å²) in [5, 5.41) is 13.8. The van der Waals surface area contributed by atoms with Gasteiger partial charge in [0.15, 0.2) is 0 Å². The summed E-state index contributed by atoms with van der Waals surface area (Å²) in [6.07, 6.45) is -2.88. The third-order valence-electron chi connectivity index (χ3n) is 7.42. The molecule has 1 atom stereocenters. The van der Waals surface area contributed by atoms with Gasteiger partial charge in [0.25, 0.3) is 5.91 Å². The topological polar surface area (TPSA) is 88.5 Å². The number of hydrogen-bond acceptors (Lipinski definition) is 4. The van der Waals surface area contributed by atoms with Crippen LogP contribution >= 0.6 is 0 Å². The Morgan fingerprint density at radius 2 is 1.36 bits per heavy atom. The predicted molar refractivity (Wildman–Crippen MR) is 166 cm³/mol. The molecule has 5 rings (SSSR count). The number of amides is 1. The molecule has 0 radical (unpaired) electrons. The molecule has 0 saturated carbocycles. The number of hydrogen-bond donors (Lipinski definition) is 2. The van der Waals surface area contributed by atoms with E-state index in [1.165, 1.54) is 23.9 Å². The van der Waals surface area contributed by atoms with Gasteiger partial charge in [0.2, 0.25) is 0 Å². The van der Waals surface area contributed by atoms with Crippen LogP contribution in [0.4, 0.5) is 13.2 Å². The lowest BCUT2D eigenvalue weighted by molar-refractivity contribution is -0.139. The van der Waals surface area contributed by atoms with Crippen LogP contribution in [-0.4, -0.2) is 28.0 Å². The van der Waals surface area contributed by atoms with Crippen LogP contribution in [-0.2, 0) is 22.8 Å². The van der Waals surface area contributed by atoms with Crippen molar-refractivity contribution in [3.8, 4) is 22.6 Å². The number of nitrogens with one attached hydrogen (secondary N) is 1. The number of alkyl halides is 3. The van der Waals surface area contributed by atoms with Gasteiger partial charge >= 0.3 is 12.1 Å². The fraction of sp³-hybridized carbons (Fsp3) is 0.194. The lowest BCUT2D eigenvalue weighted by Crippen LogP contribution is -2.42. The van der Waals surface area contributed by atoms with E-state index in [-0.39, 0.29) is 17.5 Å². The second-order valence-corrected chi connectivity index (χ2v) is 11.8. The molecule has 5 aromatic rings. The van der Waals surface area contributed by atoms with Crippen LogP contribution in [0.1, 0.15) is 48.0 Å². The monoisotopic (exact) mass is 612 g/mol. The van der Waals surface area contributed by atoms with Gasteiger partial charge in [-0.05, 0) is 75.5 Å². The first-order chi connectivity index (χ1) is 21.3. The first kappa shape index (κ1) is 31.3. The van der Waals surface area contributed by atoms with E-state index in [1.54, 1.807) is 42.5 Å². The number of carboxylic acids is 1. The van der Waals surface area contributed by atoms with Crippen LogP contribution in [0.25, 0.3) is 21.9 Å². The molecule has 45 heavy (non-hydrogen) atoms. The molecule has 0 bridgehead atoms. The Morgan fingerprint density at radius 3 is 1.93 bits per heavy atom. The Balaban J connectivity index is 1.24. The quantitative estimate of drug-likeness (QED) is 0.184. The maximum atomic E-state index is 13.0. The molecule has 0 saturated heterocycles. The number of pyridine rings is 1. The highest BCUT2D eigenvalue weighted by atomic mass is 19.4. The van der Waals surface area contributed by atoms with Gasteiger partial charge in [0, 0.05) is 18.0 Å². The van der Waals surface area contributed by atoms with E-state index in [0.29, 0.717) is 28.2 Å². The first-order valence-electron chi connectivity index (χ1n) is 14.2. The smallest absolute Gasteiger partial charge is 0.416 e. The zero-order chi connectivity index (χ0) is 32.4. The normalized spacial score (nSPS) is 12.5. The predicted octanol–water partition coefficient (Wildman–Crippen LogP) is 8.44. The molecule has 4 aromatic carbocycles. The fourth-order valence-corrected chi connectivity index (χ4v) is 4.82. The van der Waals surface area contributed by atoms with Gasteiger partial charge in [-0.25, -0.2) is 4.79 Å². The molecule has 1 aromatic heterocycles. The van der Waals surface area contributed by atoms with Gasteiger partial charge in [-0.2, -0.15) is 13.2 Å². The van der Waals surface area contributed by atoms with E-state index in [4.69, 9.17) is 4.74 Å². The first-order valence-corrected chi connectivity index (χ1v) is 14.2. The van der Waals surface area contributed by atoms with Crippen LogP contribution in [0.5, 0.6) is 11.5 Å². The summed E-state index contributed by atoms with van der Waals surface area (Å²) in [4.78, 5) is 29.2. The maximum absolute atomic E-state index is 13.0. The Bertz CT molecular complexity index is 1830. The highest BCUT2D eigenvalue weighted by Gasteiger charge is 2.30. The summed E-state index contributed by atoms with van der Waals surface area (Å²) in [5.41, 5.74) is 2.46. The van der Waals surface area contributed by atoms with E-state index in [9.17, 15) is 27.9 Å². The second kappa shape index (κ2) is 12.4. The number of carbonyl (C=O) groups is 2. The second-order valence-electron chi connectivity index (χ2n) is 11.8. The molecule has 0 aliphatic rings. The van der Waals surface area contributed by atoms with E-state index in [1.807, 2.05) is 30.3 Å². The number of aliphatic carboxylic acids is 1. The minimum Gasteiger partial charge on any atom is -0.480 e. The Kier molecular flexibility index (Phi) is 8.64. The molecule has 1 amide bonds. The average molecular weight is 613 g/mol. The van der Waals surface area contributed by atoms with E-state index >= 15 is 0 Å². The molecule has 0 unspecified atom stereocenters. The SMILES string of the molecule is CC(C)(C)c1ccc(Oc2ccc3cc(C(=O)N[C@@H](Cc4ccc(-c5ccc(C(F)(F)F)cc5)cc4)C(=O)O)ncc3c2)cc1. The molecule has 0 fully saturated rings. The number of carboxylic acid groups (broad SMARTS) is 1. The van der Waals surface area contributed by atoms with Crippen LogP contribution in [0.2, 0.25) is 0 Å². The number of carbonyl (C=O) groups excluding carboxylic acids is 1. The highest BCUT2D eigenvalue weighted by molar-refractivity contribution is 5.98. The van der Waals surface area contributed by atoms with Crippen molar-refractivity contribution in [2.45, 2.75) is 44.8 Å². The van der Waals surface area contributed by atoms with E-state index < -0.39 is 29.7 Å². The molecule has 6 nitrogen and oxygen atoms in total. The van der Waals surface area contributed by atoms with Gasteiger partial charge in [-0.1, -0.05) is 75.4 Å². The van der Waals surface area contributed by atoms with Crippen LogP contribution in [0, 0.1) is 0 Å². The molecule has 0 spiro atoms. The number of benzene rings is 4. The zero-order valence-corrected chi connectivity index (χ0v) is 24.9. The fourth-order valence-electron chi connectivity index (χ4n) is 4.82. The molecule has 9 heteroatoms. The molecular weight excluding hydrogens is 581 g/mol. The minimum atomic E-state index is -4.42. The highest BCUT2D eigenvalue weighted by Crippen LogP contribution is 2.32. The molecule has 230 valence electrons. The Labute approximate surface area is 258 Å². The molecular formula is C36H31F3N2O4. The number of fused-ring (bicyclic) bond motifs is 1. The van der Waals surface area contributed by atoms with Crippen molar-refractivity contribution in [2.24, 2.45) is 0 Å². The largest absolute Gasteiger partial charge is 0.480 e. The average Bonchev–Trinajstić information content (AvgIpc) is 3.00. The third-order valence-corrected chi connectivity index (χ3v) is 7.42. The number of ether oxygens (including phenoxy) is 1. The summed E-state index contributed by atoms with van der Waals surface area (Å²) in [7, 11) is 0. The number of aromatic nitrogens is 1. The summed E-state index contributed by atoms with van der Waals surface area (Å²) in [6, 6.07) is 25.2. The van der Waals surface area contributed by atoms with Crippen molar-refractivity contribution >= 4 is 22.6 Å². The van der Waals surface area contributed by atoms with Crippen LogP contribution in [0.15, 0.2) is 103 Å². The van der Waals surface area contributed by atoms with Crippen molar-refractivity contribution in [3.63, 3.8) is 0 Å². The van der Waals surface area contributed by atoms with Crippen molar-refractivity contribution in [3.05, 3.63) is 126 Å². The van der Waals surface area contributed by atoms with Gasteiger partial charge in [-0.3, -0.25) is 9.78 Å². The number of rotatable bonds is 8. The van der Waals surface area contributed by atoms with Gasteiger partial charge in [0.05, 0.1) is 5.56 Å². The lowest BCUT2D eigenvalue weighted by atomic mass is 9.87. The maximum Gasteiger partial charge on any atom is 0.416 e. The van der Waals surface area contributed by atoms with E-state index in [0.717, 1.165) is 22.9 Å². The van der Waals surface area contributed by atoms with Crippen molar-refractivity contribution in [2.75, 3.05) is 0 Å². The number of nitrogens with zero attached hydrogens (tertiary/aromatic N) is 1. The van der Waals surface area contributed by atoms with Crippen molar-refractivity contribution < 1.29 is 32.6 Å². The Morgan fingerprint density at radius 1 is 0.778 bits per heavy atom. The summed E-state index contributed by atoms with van der Waals surface area (Å²) in [6.45, 7) is 6.43. The van der Waals surface area contributed by atoms with Gasteiger partial charge in [-0.15, -0.1) is 0 Å². The summed E-state index contributed by atoms with van der Waals surface area (Å²) >= 11 is 0. The standard InChI is InChI=1S/C36H31F3N2O4/c1-35(2,3)27-13-16-29(17-14-27)45-30-15-10-25-20-31(40-21-26(25)19-30)33(42)41-32(34(43)44)18-22-4-6-23(7-5-22)24-8-11-28(12-9-24)36(37,38)39/h4-17,19-21,32H,18H2,1-3H3,(H,41,42)(H,43,44)/t32-/m0/s1. The molecule has 0 aliphatic carbocycles. The van der Waals surface area contributed by atoms with Crippen molar-refractivity contribution in [1.82, 2.24) is 10.3 Å². The van der Waals surface area contributed by atoms with Crippen molar-refractivity contribution in [1.29, 1.82) is 0 Å². The molecule has 1 heterocycles. The van der Waals surface area contributed by atoms with E-state index in [2.05, 4.69) is 31.1 Å². The van der Waals surface area contributed by atoms with Crippen LogP contribution in [0.3, 0.4) is 0 Å². The minimum absolute atomic E-state index is 0.000618.